The number of carboxylic acids is 1. The number of amides is 4. The highest BCUT2D eigenvalue weighted by Gasteiger charge is 2.31. The molecule has 5 atom stereocenters. The quantitative estimate of drug-likeness (QED) is 0.0947. The average Bonchev–Trinajstić information content (AvgIpc) is 2.85. The largest absolute Gasteiger partial charge is 0.508 e. The molecule has 1 aromatic rings. The molecule has 1 aromatic carbocycles. The Kier molecular flexibility index (Phi) is 13.7. The number of carbonyl (C=O) groups excluding carboxylic acids is 4. The maximum Gasteiger partial charge on any atom is 0.326 e. The van der Waals surface area contributed by atoms with Gasteiger partial charge >= 0.3 is 5.97 Å². The third-order valence-electron chi connectivity index (χ3n) is 5.71. The number of aliphatic hydroxyl groups excluding tert-OH is 1. The number of benzene rings is 1. The molecule has 0 saturated carbocycles. The molecular formula is C24H38N6O8. The predicted octanol–water partition coefficient (Wildman–Crippen LogP) is -2.42. The number of phenols is 1. The summed E-state index contributed by atoms with van der Waals surface area (Å²) in [6, 6.07) is 0.582. The van der Waals surface area contributed by atoms with Crippen LogP contribution in [0.5, 0.6) is 5.75 Å². The normalized spacial score (nSPS) is 14.8. The van der Waals surface area contributed by atoms with Crippen molar-refractivity contribution in [3.63, 3.8) is 0 Å². The minimum atomic E-state index is -1.35. The van der Waals surface area contributed by atoms with E-state index in [-0.39, 0.29) is 31.4 Å². The fourth-order valence-corrected chi connectivity index (χ4v) is 3.41. The van der Waals surface area contributed by atoms with Crippen LogP contribution in [0.1, 0.15) is 44.6 Å². The predicted molar refractivity (Wildman–Crippen MR) is 136 cm³/mol. The molecule has 212 valence electrons. The first-order valence-corrected chi connectivity index (χ1v) is 12.2. The molecule has 0 heterocycles. The molecular weight excluding hydrogens is 500 g/mol. The second-order valence-corrected chi connectivity index (χ2v) is 8.95. The lowest BCUT2D eigenvalue weighted by Gasteiger charge is -2.25. The van der Waals surface area contributed by atoms with Crippen LogP contribution < -0.4 is 33.2 Å². The topological polar surface area (TPSA) is 260 Å². The maximum atomic E-state index is 13.2. The molecule has 0 aliphatic heterocycles. The Bertz CT molecular complexity index is 956. The van der Waals surface area contributed by atoms with Crippen LogP contribution >= 0.6 is 0 Å². The van der Waals surface area contributed by atoms with Crippen LogP contribution in [-0.2, 0) is 30.4 Å². The number of rotatable bonds is 17. The van der Waals surface area contributed by atoms with E-state index < -0.39 is 59.9 Å². The summed E-state index contributed by atoms with van der Waals surface area (Å²) in [6.07, 6.45) is -0.712. The highest BCUT2D eigenvalue weighted by atomic mass is 16.4. The number of hydrogen-bond acceptors (Lipinski definition) is 9. The summed E-state index contributed by atoms with van der Waals surface area (Å²) < 4.78 is 0. The fraction of sp³-hybridized carbons (Fsp3) is 0.542. The molecule has 4 amide bonds. The summed E-state index contributed by atoms with van der Waals surface area (Å²) in [5.74, 6) is -4.55. The van der Waals surface area contributed by atoms with Gasteiger partial charge in [-0.1, -0.05) is 12.1 Å². The Morgan fingerprint density at radius 2 is 1.42 bits per heavy atom. The van der Waals surface area contributed by atoms with Gasteiger partial charge in [0.2, 0.25) is 23.6 Å². The zero-order valence-electron chi connectivity index (χ0n) is 21.3. The number of aromatic hydroxyl groups is 1. The van der Waals surface area contributed by atoms with Crippen LogP contribution in [0.3, 0.4) is 0 Å². The molecule has 14 nitrogen and oxygen atoms in total. The number of carbonyl (C=O) groups is 5. The van der Waals surface area contributed by atoms with Crippen molar-refractivity contribution in [2.75, 3.05) is 6.54 Å². The van der Waals surface area contributed by atoms with Gasteiger partial charge < -0.3 is 48.5 Å². The summed E-state index contributed by atoms with van der Waals surface area (Å²) >= 11 is 0. The lowest BCUT2D eigenvalue weighted by atomic mass is 10.0. The van der Waals surface area contributed by atoms with E-state index in [1.807, 2.05) is 0 Å². The molecule has 12 N–H and O–H groups in total. The van der Waals surface area contributed by atoms with Crippen molar-refractivity contribution in [1.29, 1.82) is 0 Å². The minimum absolute atomic E-state index is 0.0162. The molecule has 0 radical (unpaired) electrons. The lowest BCUT2D eigenvalue weighted by Crippen LogP contribution is -2.58. The van der Waals surface area contributed by atoms with Gasteiger partial charge in [0.25, 0.3) is 0 Å². The van der Waals surface area contributed by atoms with Gasteiger partial charge in [0.05, 0.1) is 6.10 Å². The van der Waals surface area contributed by atoms with Crippen molar-refractivity contribution in [3.05, 3.63) is 29.8 Å². The molecule has 0 bridgehead atoms. The Balaban J connectivity index is 3.14. The van der Waals surface area contributed by atoms with Gasteiger partial charge in [-0.05, 0) is 56.8 Å². The summed E-state index contributed by atoms with van der Waals surface area (Å²) in [5, 5.41) is 35.9. The number of unbranched alkanes of at least 4 members (excludes halogenated alkanes) is 1. The molecule has 0 aliphatic rings. The second-order valence-electron chi connectivity index (χ2n) is 8.95. The number of nitrogens with one attached hydrogen (secondary N) is 3. The number of hydrogen-bond donors (Lipinski definition) is 9. The van der Waals surface area contributed by atoms with E-state index in [0.717, 1.165) is 0 Å². The van der Waals surface area contributed by atoms with Crippen molar-refractivity contribution in [1.82, 2.24) is 16.0 Å². The summed E-state index contributed by atoms with van der Waals surface area (Å²) in [5.41, 5.74) is 16.9. The summed E-state index contributed by atoms with van der Waals surface area (Å²) in [6.45, 7) is 1.65. The number of nitrogens with two attached hydrogens (primary N) is 3. The van der Waals surface area contributed by atoms with E-state index in [2.05, 4.69) is 16.0 Å². The zero-order chi connectivity index (χ0) is 28.8. The van der Waals surface area contributed by atoms with Gasteiger partial charge in [-0.15, -0.1) is 0 Å². The van der Waals surface area contributed by atoms with E-state index in [1.165, 1.54) is 31.2 Å². The Labute approximate surface area is 220 Å². The standard InChI is InChI=1S/C24H38N6O8/c1-13(31)20(27)23(36)30-18(12-14-5-7-15(32)8-6-14)22(35)28-16(9-10-19(26)33)21(34)29-17(24(37)38)4-2-3-11-25/h5-8,13,16-18,20,31-32H,2-4,9-12,25,27H2,1H3,(H2,26,33)(H,28,35)(H,29,34)(H,30,36)(H,37,38). The average molecular weight is 539 g/mol. The summed E-state index contributed by atoms with van der Waals surface area (Å²) in [7, 11) is 0. The van der Waals surface area contributed by atoms with E-state index in [0.29, 0.717) is 24.9 Å². The molecule has 0 aromatic heterocycles. The number of aliphatic hydroxyl groups is 1. The van der Waals surface area contributed by atoms with Crippen LogP contribution in [0.4, 0.5) is 0 Å². The Morgan fingerprint density at radius 3 is 1.95 bits per heavy atom. The van der Waals surface area contributed by atoms with Crippen molar-refractivity contribution in [2.45, 2.75) is 75.7 Å². The minimum Gasteiger partial charge on any atom is -0.508 e. The molecule has 14 heteroatoms. The third kappa shape index (κ3) is 11.5. The highest BCUT2D eigenvalue weighted by Crippen LogP contribution is 2.12. The van der Waals surface area contributed by atoms with Crippen molar-refractivity contribution in [3.8, 4) is 5.75 Å². The molecule has 1 rings (SSSR count). The van der Waals surface area contributed by atoms with Gasteiger partial charge in [0.15, 0.2) is 0 Å². The van der Waals surface area contributed by atoms with Crippen LogP contribution in [-0.4, -0.2) is 81.7 Å². The van der Waals surface area contributed by atoms with Gasteiger partial charge in [-0.3, -0.25) is 19.2 Å². The smallest absolute Gasteiger partial charge is 0.326 e. The summed E-state index contributed by atoms with van der Waals surface area (Å²) in [4.78, 5) is 61.6. The van der Waals surface area contributed by atoms with E-state index >= 15 is 0 Å². The van der Waals surface area contributed by atoms with Crippen LogP contribution in [0, 0.1) is 0 Å². The molecule has 0 aliphatic carbocycles. The van der Waals surface area contributed by atoms with Crippen LogP contribution in [0.25, 0.3) is 0 Å². The molecule has 0 fully saturated rings. The maximum absolute atomic E-state index is 13.2. The van der Waals surface area contributed by atoms with Crippen molar-refractivity contribution >= 4 is 29.6 Å². The van der Waals surface area contributed by atoms with Crippen molar-refractivity contribution in [2.24, 2.45) is 17.2 Å². The van der Waals surface area contributed by atoms with E-state index in [4.69, 9.17) is 17.2 Å². The van der Waals surface area contributed by atoms with Crippen LogP contribution in [0.15, 0.2) is 24.3 Å². The fourth-order valence-electron chi connectivity index (χ4n) is 3.41. The first-order chi connectivity index (χ1) is 17.8. The van der Waals surface area contributed by atoms with Crippen molar-refractivity contribution < 1.29 is 39.3 Å². The molecule has 38 heavy (non-hydrogen) atoms. The Hall–Kier alpha value is -3.75. The molecule has 0 spiro atoms. The number of aliphatic carboxylic acids is 1. The molecule has 0 saturated heterocycles. The van der Waals surface area contributed by atoms with Gasteiger partial charge in [0.1, 0.15) is 29.9 Å². The first-order valence-electron chi connectivity index (χ1n) is 12.2. The van der Waals surface area contributed by atoms with Crippen LogP contribution in [0.2, 0.25) is 0 Å². The van der Waals surface area contributed by atoms with Gasteiger partial charge in [-0.25, -0.2) is 4.79 Å². The Morgan fingerprint density at radius 1 is 0.868 bits per heavy atom. The SMILES string of the molecule is CC(O)C(N)C(=O)NC(Cc1ccc(O)cc1)C(=O)NC(CCC(N)=O)C(=O)NC(CCCCN)C(=O)O. The molecule has 5 unspecified atom stereocenters. The lowest BCUT2D eigenvalue weighted by molar-refractivity contribution is -0.142. The number of primary amides is 1. The van der Waals surface area contributed by atoms with E-state index in [9.17, 15) is 39.3 Å². The highest BCUT2D eigenvalue weighted by molar-refractivity contribution is 5.94. The third-order valence-corrected chi connectivity index (χ3v) is 5.71. The monoisotopic (exact) mass is 538 g/mol. The number of carboxylic acid groups (broad SMARTS) is 1. The van der Waals surface area contributed by atoms with Gasteiger partial charge in [-0.2, -0.15) is 0 Å². The van der Waals surface area contributed by atoms with Gasteiger partial charge in [0, 0.05) is 12.8 Å². The van der Waals surface area contributed by atoms with E-state index in [1.54, 1.807) is 0 Å². The number of phenolic OH excluding ortho intramolecular Hbond substituents is 1. The zero-order valence-corrected chi connectivity index (χ0v) is 21.3. The second kappa shape index (κ2) is 16.2. The first kappa shape index (κ1) is 32.3.